The van der Waals surface area contributed by atoms with Gasteiger partial charge in [-0.15, -0.1) is 0 Å². The van der Waals surface area contributed by atoms with Gasteiger partial charge in [0.1, 0.15) is 23.0 Å². The van der Waals surface area contributed by atoms with Crippen LogP contribution in [0.3, 0.4) is 0 Å². The summed E-state index contributed by atoms with van der Waals surface area (Å²) < 4.78 is 31.8. The van der Waals surface area contributed by atoms with Gasteiger partial charge in [-0.2, -0.15) is 0 Å². The smallest absolute Gasteiger partial charge is 0.244 e. The normalized spacial score (nSPS) is 16.8. The lowest BCUT2D eigenvalue weighted by Crippen LogP contribution is -2.27. The predicted molar refractivity (Wildman–Crippen MR) is 66.5 cm³/mol. The van der Waals surface area contributed by atoms with Crippen LogP contribution in [0, 0.1) is 12.8 Å². The average molecular weight is 273 g/mol. The first kappa shape index (κ1) is 13.6. The van der Waals surface area contributed by atoms with Crippen LogP contribution in [-0.4, -0.2) is 20.1 Å². The zero-order chi connectivity index (χ0) is 13.2. The van der Waals surface area contributed by atoms with E-state index in [0.717, 1.165) is 6.42 Å². The number of hydrogen-bond acceptors (Lipinski definition) is 4. The first-order chi connectivity index (χ1) is 8.53. The highest BCUT2D eigenvalue weighted by atomic mass is 32.2. The minimum absolute atomic E-state index is 0.125. The third-order valence-corrected chi connectivity index (χ3v) is 5.01. The standard InChI is InChI=1S/C12H19NO4S/c1-9-12(7-11(8-14)17-9)18(15,16)13-6-5-10-3-2-4-10/h7,10,13-14H,2-6,8H2,1H3. The highest BCUT2D eigenvalue weighted by Gasteiger charge is 2.22. The molecule has 0 radical (unpaired) electrons. The molecule has 0 atom stereocenters. The molecule has 2 N–H and O–H groups in total. The van der Waals surface area contributed by atoms with Crippen molar-refractivity contribution in [2.45, 2.75) is 44.1 Å². The second-order valence-corrected chi connectivity index (χ2v) is 6.51. The molecule has 0 saturated heterocycles. The van der Waals surface area contributed by atoms with Gasteiger partial charge in [0.05, 0.1) is 0 Å². The molecule has 18 heavy (non-hydrogen) atoms. The zero-order valence-corrected chi connectivity index (χ0v) is 11.3. The molecule has 2 rings (SSSR count). The molecular weight excluding hydrogens is 254 g/mol. The summed E-state index contributed by atoms with van der Waals surface area (Å²) in [6, 6.07) is 1.38. The second kappa shape index (κ2) is 5.42. The minimum Gasteiger partial charge on any atom is -0.462 e. The van der Waals surface area contributed by atoms with Crippen LogP contribution in [-0.2, 0) is 16.6 Å². The van der Waals surface area contributed by atoms with Crippen molar-refractivity contribution in [3.8, 4) is 0 Å². The highest BCUT2D eigenvalue weighted by Crippen LogP contribution is 2.29. The van der Waals surface area contributed by atoms with Crippen LogP contribution < -0.4 is 4.72 Å². The number of rotatable bonds is 6. The number of aliphatic hydroxyl groups is 1. The molecule has 5 nitrogen and oxygen atoms in total. The fourth-order valence-electron chi connectivity index (χ4n) is 2.13. The van der Waals surface area contributed by atoms with E-state index in [2.05, 4.69) is 4.72 Å². The fraction of sp³-hybridized carbons (Fsp3) is 0.667. The molecule has 0 aromatic carbocycles. The van der Waals surface area contributed by atoms with Gasteiger partial charge in [-0.25, -0.2) is 13.1 Å². The first-order valence-corrected chi connectivity index (χ1v) is 7.71. The Morgan fingerprint density at radius 1 is 1.50 bits per heavy atom. The number of aryl methyl sites for hydroxylation is 1. The molecule has 1 aliphatic rings. The van der Waals surface area contributed by atoms with Gasteiger partial charge in [0.25, 0.3) is 0 Å². The van der Waals surface area contributed by atoms with E-state index in [-0.39, 0.29) is 17.3 Å². The van der Waals surface area contributed by atoms with Crippen molar-refractivity contribution in [3.05, 3.63) is 17.6 Å². The molecule has 102 valence electrons. The molecule has 0 unspecified atom stereocenters. The molecule has 0 bridgehead atoms. The van der Waals surface area contributed by atoms with E-state index in [1.54, 1.807) is 6.92 Å². The molecule has 1 aliphatic carbocycles. The summed E-state index contributed by atoms with van der Waals surface area (Å²) in [7, 11) is -3.51. The maximum atomic E-state index is 12.0. The maximum Gasteiger partial charge on any atom is 0.244 e. The van der Waals surface area contributed by atoms with Gasteiger partial charge in [-0.1, -0.05) is 19.3 Å². The SMILES string of the molecule is Cc1oc(CO)cc1S(=O)(=O)NCCC1CCC1. The van der Waals surface area contributed by atoms with Crippen LogP contribution >= 0.6 is 0 Å². The second-order valence-electron chi connectivity index (χ2n) is 4.77. The van der Waals surface area contributed by atoms with E-state index in [1.165, 1.54) is 25.3 Å². The Balaban J connectivity index is 1.97. The number of furan rings is 1. The van der Waals surface area contributed by atoms with E-state index in [9.17, 15) is 8.42 Å². The van der Waals surface area contributed by atoms with Crippen LogP contribution in [0.2, 0.25) is 0 Å². The molecule has 0 spiro atoms. The molecule has 1 aromatic rings. The Morgan fingerprint density at radius 2 is 2.22 bits per heavy atom. The Morgan fingerprint density at radius 3 is 2.72 bits per heavy atom. The molecule has 1 saturated carbocycles. The van der Waals surface area contributed by atoms with Crippen LogP contribution in [0.4, 0.5) is 0 Å². The van der Waals surface area contributed by atoms with Crippen molar-refractivity contribution < 1.29 is 17.9 Å². The summed E-state index contributed by atoms with van der Waals surface area (Å²) in [5.41, 5.74) is 0. The van der Waals surface area contributed by atoms with Gasteiger partial charge < -0.3 is 9.52 Å². The molecule has 1 aromatic heterocycles. The minimum atomic E-state index is -3.51. The van der Waals surface area contributed by atoms with Crippen LogP contribution in [0.1, 0.15) is 37.2 Å². The van der Waals surface area contributed by atoms with Gasteiger partial charge >= 0.3 is 0 Å². The van der Waals surface area contributed by atoms with Crippen molar-refractivity contribution >= 4 is 10.0 Å². The number of hydrogen-bond donors (Lipinski definition) is 2. The summed E-state index contributed by atoms with van der Waals surface area (Å²) in [6.45, 7) is 1.75. The van der Waals surface area contributed by atoms with Crippen molar-refractivity contribution in [2.24, 2.45) is 5.92 Å². The van der Waals surface area contributed by atoms with E-state index >= 15 is 0 Å². The zero-order valence-electron chi connectivity index (χ0n) is 10.5. The monoisotopic (exact) mass is 273 g/mol. The van der Waals surface area contributed by atoms with Crippen molar-refractivity contribution in [1.82, 2.24) is 4.72 Å². The van der Waals surface area contributed by atoms with Gasteiger partial charge in [0, 0.05) is 12.6 Å². The lowest BCUT2D eigenvalue weighted by molar-refractivity contribution is 0.244. The molecule has 0 aliphatic heterocycles. The molecule has 1 heterocycles. The van der Waals surface area contributed by atoms with Crippen LogP contribution in [0.15, 0.2) is 15.4 Å². The van der Waals surface area contributed by atoms with Gasteiger partial charge in [0.15, 0.2) is 0 Å². The summed E-state index contributed by atoms with van der Waals surface area (Å²) in [4.78, 5) is 0.125. The Hall–Kier alpha value is -0.850. The quantitative estimate of drug-likeness (QED) is 0.824. The van der Waals surface area contributed by atoms with Gasteiger partial charge in [-0.05, 0) is 19.3 Å². The molecule has 0 amide bonds. The largest absolute Gasteiger partial charge is 0.462 e. The number of nitrogens with one attached hydrogen (secondary N) is 1. The Kier molecular flexibility index (Phi) is 4.09. The molecular formula is C12H19NO4S. The predicted octanol–water partition coefficient (Wildman–Crippen LogP) is 1.55. The third-order valence-electron chi connectivity index (χ3n) is 3.44. The van der Waals surface area contributed by atoms with E-state index in [0.29, 0.717) is 18.2 Å². The third kappa shape index (κ3) is 2.93. The van der Waals surface area contributed by atoms with E-state index in [1.807, 2.05) is 0 Å². The van der Waals surface area contributed by atoms with Crippen molar-refractivity contribution in [2.75, 3.05) is 6.54 Å². The lowest BCUT2D eigenvalue weighted by Gasteiger charge is -2.25. The van der Waals surface area contributed by atoms with E-state index < -0.39 is 10.0 Å². The van der Waals surface area contributed by atoms with Crippen LogP contribution in [0.5, 0.6) is 0 Å². The topological polar surface area (TPSA) is 79.5 Å². The molecule has 1 fully saturated rings. The summed E-state index contributed by atoms with van der Waals surface area (Å²) in [6.07, 6.45) is 4.57. The fourth-order valence-corrected chi connectivity index (χ4v) is 3.37. The summed E-state index contributed by atoms with van der Waals surface area (Å²) >= 11 is 0. The summed E-state index contributed by atoms with van der Waals surface area (Å²) in [5.74, 6) is 1.26. The summed E-state index contributed by atoms with van der Waals surface area (Å²) in [5, 5.41) is 8.92. The number of sulfonamides is 1. The lowest BCUT2D eigenvalue weighted by atomic mass is 9.83. The van der Waals surface area contributed by atoms with E-state index in [4.69, 9.17) is 9.52 Å². The van der Waals surface area contributed by atoms with Crippen molar-refractivity contribution in [1.29, 1.82) is 0 Å². The number of aliphatic hydroxyl groups excluding tert-OH is 1. The van der Waals surface area contributed by atoms with Gasteiger partial charge in [0.2, 0.25) is 10.0 Å². The first-order valence-electron chi connectivity index (χ1n) is 6.23. The highest BCUT2D eigenvalue weighted by molar-refractivity contribution is 7.89. The van der Waals surface area contributed by atoms with Crippen LogP contribution in [0.25, 0.3) is 0 Å². The average Bonchev–Trinajstić information content (AvgIpc) is 2.64. The maximum absolute atomic E-state index is 12.0. The Labute approximate surface area is 107 Å². The molecule has 6 heteroatoms. The van der Waals surface area contributed by atoms with Gasteiger partial charge in [-0.3, -0.25) is 0 Å². The Bertz CT molecular complexity index is 502. The van der Waals surface area contributed by atoms with Crippen molar-refractivity contribution in [3.63, 3.8) is 0 Å².